The molecule has 0 unspecified atom stereocenters. The molecule has 0 saturated heterocycles. The van der Waals surface area contributed by atoms with Crippen LogP contribution in [0.4, 0.5) is 20.9 Å². The monoisotopic (exact) mass is 563 g/mol. The van der Waals surface area contributed by atoms with E-state index in [0.717, 1.165) is 31.2 Å². The van der Waals surface area contributed by atoms with Gasteiger partial charge in [0.25, 0.3) is 11.4 Å². The Morgan fingerprint density at radius 3 is 1.48 bits per heavy atom. The second-order valence-electron chi connectivity index (χ2n) is 10.8. The number of nitro benzene ring substituents is 2. The number of halogens is 1. The third kappa shape index (κ3) is 6.77. The van der Waals surface area contributed by atoms with Crippen LogP contribution in [-0.2, 0) is 25.2 Å². The van der Waals surface area contributed by atoms with Crippen molar-refractivity contribution in [2.75, 3.05) is 0 Å². The summed E-state index contributed by atoms with van der Waals surface area (Å²) >= 11 is 0. The lowest BCUT2D eigenvalue weighted by molar-refractivity contribution is -0.385. The number of hydrogen-bond donors (Lipinski definition) is 2. The Hall–Kier alpha value is -4.42. The van der Waals surface area contributed by atoms with Crippen LogP contribution in [0.5, 0.6) is 0 Å². The highest BCUT2D eigenvalue weighted by Crippen LogP contribution is 2.45. The number of nitrogens with one attached hydrogen (secondary N) is 1. The number of nitrogens with zero attached hydrogens (tertiary/aromatic N) is 2. The molecule has 0 aliphatic heterocycles. The van der Waals surface area contributed by atoms with Crippen LogP contribution < -0.4 is 11.1 Å². The molecular formula is C27H35FN4O8. The lowest BCUT2D eigenvalue weighted by Crippen LogP contribution is -2.51. The molecule has 218 valence electrons. The summed E-state index contributed by atoms with van der Waals surface area (Å²) < 4.78 is 5.10. The SMILES string of the molecule is CC(C)(C)OC(=O)NC(=O)C1(c2ccc([N+](=O)[O-])cc2)CCC1.F.NC(=O)C1(c2ccc([N+](=O)[O-])cc2)CCC1.[2HH]. The molecule has 13 heteroatoms. The highest BCUT2D eigenvalue weighted by molar-refractivity contribution is 5.99. The summed E-state index contributed by atoms with van der Waals surface area (Å²) in [6.45, 7) is 5.14. The zero-order chi connectivity index (χ0) is 29.0. The van der Waals surface area contributed by atoms with Gasteiger partial charge in [0.2, 0.25) is 11.8 Å². The van der Waals surface area contributed by atoms with Crippen molar-refractivity contribution in [3.63, 3.8) is 0 Å². The third-order valence-corrected chi connectivity index (χ3v) is 7.20. The molecular weight excluding hydrogens is 527 g/mol. The molecule has 12 nitrogen and oxygen atoms in total. The zero-order valence-electron chi connectivity index (χ0n) is 22.5. The molecule has 0 radical (unpaired) electrons. The molecule has 2 saturated carbocycles. The zero-order valence-corrected chi connectivity index (χ0v) is 22.5. The van der Waals surface area contributed by atoms with E-state index in [1.54, 1.807) is 45.0 Å². The van der Waals surface area contributed by atoms with E-state index in [1.807, 2.05) is 0 Å². The first kappa shape index (κ1) is 31.8. The number of rotatable bonds is 6. The highest BCUT2D eigenvalue weighted by atomic mass is 19.0. The van der Waals surface area contributed by atoms with Gasteiger partial charge < -0.3 is 10.5 Å². The van der Waals surface area contributed by atoms with Gasteiger partial charge in [0.05, 0.1) is 20.7 Å². The summed E-state index contributed by atoms with van der Waals surface area (Å²) in [5.41, 5.74) is 4.76. The molecule has 2 aromatic carbocycles. The van der Waals surface area contributed by atoms with Crippen LogP contribution in [0, 0.1) is 20.2 Å². The van der Waals surface area contributed by atoms with Gasteiger partial charge in [-0.3, -0.25) is 39.8 Å². The van der Waals surface area contributed by atoms with Gasteiger partial charge in [0, 0.05) is 25.7 Å². The second kappa shape index (κ2) is 12.2. The van der Waals surface area contributed by atoms with Crippen molar-refractivity contribution >= 4 is 29.3 Å². The highest BCUT2D eigenvalue weighted by Gasteiger charge is 2.47. The van der Waals surface area contributed by atoms with Gasteiger partial charge in [-0.1, -0.05) is 37.1 Å². The van der Waals surface area contributed by atoms with Crippen molar-refractivity contribution in [2.24, 2.45) is 5.73 Å². The topological polar surface area (TPSA) is 185 Å². The predicted molar refractivity (Wildman–Crippen MR) is 145 cm³/mol. The van der Waals surface area contributed by atoms with Crippen molar-refractivity contribution in [1.82, 2.24) is 5.32 Å². The van der Waals surface area contributed by atoms with E-state index >= 15 is 0 Å². The summed E-state index contributed by atoms with van der Waals surface area (Å²) in [5.74, 6) is -0.764. The molecule has 4 rings (SSSR count). The number of imide groups is 1. The first-order valence-corrected chi connectivity index (χ1v) is 12.5. The van der Waals surface area contributed by atoms with Gasteiger partial charge in [0.1, 0.15) is 5.60 Å². The van der Waals surface area contributed by atoms with E-state index in [1.165, 1.54) is 24.3 Å². The molecule has 40 heavy (non-hydrogen) atoms. The molecule has 2 aliphatic carbocycles. The molecule has 0 heterocycles. The number of benzene rings is 2. The first-order valence-electron chi connectivity index (χ1n) is 12.5. The van der Waals surface area contributed by atoms with Crippen molar-refractivity contribution in [3.8, 4) is 0 Å². The summed E-state index contributed by atoms with van der Waals surface area (Å²) in [4.78, 5) is 56.0. The maximum Gasteiger partial charge on any atom is 0.414 e. The van der Waals surface area contributed by atoms with Gasteiger partial charge in [-0.05, 0) is 57.6 Å². The van der Waals surface area contributed by atoms with Crippen molar-refractivity contribution in [2.45, 2.75) is 75.7 Å². The van der Waals surface area contributed by atoms with Crippen LogP contribution in [0.3, 0.4) is 0 Å². The largest absolute Gasteiger partial charge is 0.444 e. The summed E-state index contributed by atoms with van der Waals surface area (Å²) in [7, 11) is 0. The van der Waals surface area contributed by atoms with E-state index in [0.29, 0.717) is 18.4 Å². The fourth-order valence-electron chi connectivity index (χ4n) is 4.71. The van der Waals surface area contributed by atoms with Crippen LogP contribution in [-0.4, -0.2) is 33.4 Å². The number of non-ortho nitro benzene ring substituents is 2. The molecule has 0 spiro atoms. The van der Waals surface area contributed by atoms with Crippen LogP contribution in [0.15, 0.2) is 48.5 Å². The van der Waals surface area contributed by atoms with Crippen molar-refractivity contribution < 1.29 is 35.1 Å². The Balaban J connectivity index is 0.000000413. The number of hydrogen-bond acceptors (Lipinski definition) is 8. The molecule has 3 N–H and O–H groups in total. The number of ether oxygens (including phenoxy) is 1. The summed E-state index contributed by atoms with van der Waals surface area (Å²) in [6.07, 6.45) is 3.72. The van der Waals surface area contributed by atoms with E-state index in [4.69, 9.17) is 10.5 Å². The van der Waals surface area contributed by atoms with Gasteiger partial charge in [0.15, 0.2) is 0 Å². The Morgan fingerprint density at radius 2 is 1.20 bits per heavy atom. The minimum absolute atomic E-state index is 0. The van der Waals surface area contributed by atoms with Crippen LogP contribution in [0.25, 0.3) is 0 Å². The summed E-state index contributed by atoms with van der Waals surface area (Å²) in [5, 5.41) is 23.5. The number of amides is 3. The summed E-state index contributed by atoms with van der Waals surface area (Å²) in [6, 6.07) is 12.0. The standard InChI is InChI=1S/C16H20N2O5.C11H12N2O3.FH.H2/c1-15(2,3)23-14(20)17-13(19)16(9-4-10-16)11-5-7-12(8-6-11)18(21)22;12-10(14)11(6-1-7-11)8-2-4-9(5-3-8)13(15)16;;/h5-8H,4,9-10H2,1-3H3,(H,17,19,20);2-5H,1,6-7H2,(H2,12,14);2*1H/i;;;1+1. The van der Waals surface area contributed by atoms with Crippen LogP contribution in [0.2, 0.25) is 0 Å². The Morgan fingerprint density at radius 1 is 0.825 bits per heavy atom. The van der Waals surface area contributed by atoms with E-state index in [-0.39, 0.29) is 23.4 Å². The van der Waals surface area contributed by atoms with Gasteiger partial charge in [-0.15, -0.1) is 0 Å². The molecule has 0 atom stereocenters. The molecule has 0 aromatic heterocycles. The minimum atomic E-state index is -0.813. The van der Waals surface area contributed by atoms with E-state index < -0.39 is 38.3 Å². The molecule has 0 bridgehead atoms. The predicted octanol–water partition coefficient (Wildman–Crippen LogP) is 4.97. The van der Waals surface area contributed by atoms with Gasteiger partial charge in [-0.2, -0.15) is 0 Å². The Labute approximate surface area is 231 Å². The van der Waals surface area contributed by atoms with Crippen LogP contribution >= 0.6 is 0 Å². The maximum absolute atomic E-state index is 12.5. The van der Waals surface area contributed by atoms with Crippen molar-refractivity contribution in [1.29, 1.82) is 0 Å². The fraction of sp³-hybridized carbons (Fsp3) is 0.444. The van der Waals surface area contributed by atoms with E-state index in [2.05, 4.69) is 5.32 Å². The lowest BCUT2D eigenvalue weighted by atomic mass is 9.64. The minimum Gasteiger partial charge on any atom is -0.444 e. The number of carbonyl (C=O) groups is 3. The fourth-order valence-corrected chi connectivity index (χ4v) is 4.71. The average Bonchev–Trinajstić information content (AvgIpc) is 2.77. The quantitative estimate of drug-likeness (QED) is 0.364. The number of carbonyl (C=O) groups excluding carboxylic acids is 3. The molecule has 2 fully saturated rings. The number of alkyl carbamates (subject to hydrolysis) is 1. The molecule has 2 aliphatic rings. The smallest absolute Gasteiger partial charge is 0.414 e. The average molecular weight is 564 g/mol. The first-order chi connectivity index (χ1) is 18.2. The number of nitro groups is 2. The Kier molecular flexibility index (Phi) is 9.68. The second-order valence-corrected chi connectivity index (χ2v) is 10.8. The van der Waals surface area contributed by atoms with E-state index in [9.17, 15) is 34.6 Å². The number of nitrogens with two attached hydrogens (primary N) is 1. The van der Waals surface area contributed by atoms with Gasteiger partial charge >= 0.3 is 6.09 Å². The Bertz CT molecular complexity index is 1270. The van der Waals surface area contributed by atoms with Gasteiger partial charge in [-0.25, -0.2) is 4.79 Å². The van der Waals surface area contributed by atoms with Crippen LogP contribution in [0.1, 0.15) is 71.8 Å². The van der Waals surface area contributed by atoms with Crippen molar-refractivity contribution in [3.05, 3.63) is 79.9 Å². The normalized spacial score (nSPS) is 16.3. The maximum atomic E-state index is 12.5. The third-order valence-electron chi connectivity index (χ3n) is 7.20. The molecule has 3 amide bonds. The number of primary amides is 1. The molecule has 2 aromatic rings. The lowest BCUT2D eigenvalue weighted by Gasteiger charge is -2.40.